The summed E-state index contributed by atoms with van der Waals surface area (Å²) in [6.07, 6.45) is 6.68. The van der Waals surface area contributed by atoms with E-state index in [1.54, 1.807) is 0 Å². The van der Waals surface area contributed by atoms with E-state index in [1.165, 1.54) is 19.3 Å². The Bertz CT molecular complexity index is 422. The maximum absolute atomic E-state index is 6.50. The normalized spacial score (nSPS) is 32.6. The molecule has 0 aromatic carbocycles. The first kappa shape index (κ1) is 11.2. The first-order chi connectivity index (χ1) is 7.99. The molecule has 17 heavy (non-hydrogen) atoms. The molecule has 0 aliphatic heterocycles. The molecule has 1 aromatic rings. The molecular formula is C13H21N3O. The van der Waals surface area contributed by atoms with Gasteiger partial charge >= 0.3 is 0 Å². The molecule has 0 bridgehead atoms. The zero-order chi connectivity index (χ0) is 12.1. The van der Waals surface area contributed by atoms with Crippen molar-refractivity contribution in [2.45, 2.75) is 63.8 Å². The van der Waals surface area contributed by atoms with E-state index in [2.05, 4.69) is 24.0 Å². The van der Waals surface area contributed by atoms with Gasteiger partial charge in [0.1, 0.15) is 0 Å². The summed E-state index contributed by atoms with van der Waals surface area (Å²) in [6, 6.07) is 0. The van der Waals surface area contributed by atoms with Gasteiger partial charge in [0, 0.05) is 5.92 Å². The van der Waals surface area contributed by atoms with Gasteiger partial charge in [0.05, 0.1) is 5.54 Å². The van der Waals surface area contributed by atoms with Gasteiger partial charge in [-0.1, -0.05) is 25.4 Å². The Kier molecular flexibility index (Phi) is 2.34. The molecule has 94 valence electrons. The van der Waals surface area contributed by atoms with Gasteiger partial charge < -0.3 is 10.3 Å². The van der Waals surface area contributed by atoms with Crippen molar-refractivity contribution in [2.75, 3.05) is 0 Å². The van der Waals surface area contributed by atoms with Crippen molar-refractivity contribution in [3.8, 4) is 0 Å². The van der Waals surface area contributed by atoms with Crippen LogP contribution in [0.4, 0.5) is 0 Å². The van der Waals surface area contributed by atoms with Crippen molar-refractivity contribution >= 4 is 0 Å². The summed E-state index contributed by atoms with van der Waals surface area (Å²) in [4.78, 5) is 4.53. The minimum atomic E-state index is -0.377. The fourth-order valence-corrected chi connectivity index (χ4v) is 3.04. The third kappa shape index (κ3) is 2.10. The van der Waals surface area contributed by atoms with Crippen LogP contribution in [0.25, 0.3) is 0 Å². The van der Waals surface area contributed by atoms with Crippen molar-refractivity contribution in [3.63, 3.8) is 0 Å². The molecule has 4 nitrogen and oxygen atoms in total. The Hall–Kier alpha value is -0.900. The van der Waals surface area contributed by atoms with E-state index in [1.807, 2.05) is 0 Å². The van der Waals surface area contributed by atoms with Crippen molar-refractivity contribution in [3.05, 3.63) is 11.7 Å². The monoisotopic (exact) mass is 235 g/mol. The SMILES string of the molecule is CC1(C)CCCC(N)(c2noc(C3CC3)n2)C1. The lowest BCUT2D eigenvalue weighted by Gasteiger charge is -2.40. The van der Waals surface area contributed by atoms with Crippen LogP contribution in [0.15, 0.2) is 4.52 Å². The highest BCUT2D eigenvalue weighted by Gasteiger charge is 2.42. The molecule has 2 aliphatic rings. The van der Waals surface area contributed by atoms with Gasteiger partial charge in [-0.3, -0.25) is 0 Å². The minimum Gasteiger partial charge on any atom is -0.339 e. The molecule has 2 N–H and O–H groups in total. The van der Waals surface area contributed by atoms with E-state index in [0.29, 0.717) is 5.92 Å². The molecule has 0 amide bonds. The van der Waals surface area contributed by atoms with E-state index in [0.717, 1.165) is 31.0 Å². The highest BCUT2D eigenvalue weighted by molar-refractivity contribution is 5.11. The quantitative estimate of drug-likeness (QED) is 0.856. The topological polar surface area (TPSA) is 64.9 Å². The van der Waals surface area contributed by atoms with Crippen LogP contribution in [0, 0.1) is 5.41 Å². The van der Waals surface area contributed by atoms with Crippen LogP contribution in [0.2, 0.25) is 0 Å². The van der Waals surface area contributed by atoms with Gasteiger partial charge in [-0.05, 0) is 37.5 Å². The molecule has 2 saturated carbocycles. The largest absolute Gasteiger partial charge is 0.339 e. The summed E-state index contributed by atoms with van der Waals surface area (Å²) in [5, 5.41) is 4.13. The molecule has 2 aliphatic carbocycles. The average Bonchev–Trinajstić information content (AvgIpc) is 2.94. The number of nitrogens with zero attached hydrogens (tertiary/aromatic N) is 2. The predicted molar refractivity (Wildman–Crippen MR) is 64.4 cm³/mol. The summed E-state index contributed by atoms with van der Waals surface area (Å²) >= 11 is 0. The highest BCUT2D eigenvalue weighted by Crippen LogP contribution is 2.45. The molecule has 1 aromatic heterocycles. The lowest BCUT2D eigenvalue weighted by Crippen LogP contribution is -2.45. The molecule has 3 rings (SSSR count). The second-order valence-corrected chi connectivity index (χ2v) is 6.58. The summed E-state index contributed by atoms with van der Waals surface area (Å²) in [7, 11) is 0. The van der Waals surface area contributed by atoms with Crippen molar-refractivity contribution in [1.82, 2.24) is 10.1 Å². The van der Waals surface area contributed by atoms with E-state index in [-0.39, 0.29) is 11.0 Å². The third-order valence-electron chi connectivity index (χ3n) is 4.08. The van der Waals surface area contributed by atoms with Gasteiger partial charge in [-0.25, -0.2) is 0 Å². The second kappa shape index (κ2) is 3.55. The molecule has 1 atom stereocenters. The Labute approximate surface area is 102 Å². The Morgan fingerprint density at radius 3 is 2.71 bits per heavy atom. The molecule has 1 unspecified atom stereocenters. The maximum atomic E-state index is 6.50. The lowest BCUT2D eigenvalue weighted by molar-refractivity contribution is 0.142. The molecule has 0 spiro atoms. The number of aromatic nitrogens is 2. The molecule has 0 radical (unpaired) electrons. The molecule has 2 fully saturated rings. The van der Waals surface area contributed by atoms with Crippen LogP contribution in [-0.4, -0.2) is 10.1 Å². The molecular weight excluding hydrogens is 214 g/mol. The second-order valence-electron chi connectivity index (χ2n) is 6.58. The maximum Gasteiger partial charge on any atom is 0.229 e. The molecule has 4 heteroatoms. The first-order valence-electron chi connectivity index (χ1n) is 6.62. The Morgan fingerprint density at radius 1 is 1.29 bits per heavy atom. The van der Waals surface area contributed by atoms with Gasteiger partial charge in [-0.15, -0.1) is 0 Å². The summed E-state index contributed by atoms with van der Waals surface area (Å²) in [5.41, 5.74) is 6.41. The van der Waals surface area contributed by atoms with Crippen molar-refractivity contribution in [2.24, 2.45) is 11.1 Å². The highest BCUT2D eigenvalue weighted by atomic mass is 16.5. The lowest BCUT2D eigenvalue weighted by atomic mass is 9.68. The van der Waals surface area contributed by atoms with Crippen LogP contribution in [0.3, 0.4) is 0 Å². The number of hydrogen-bond acceptors (Lipinski definition) is 4. The van der Waals surface area contributed by atoms with Crippen LogP contribution in [0.5, 0.6) is 0 Å². The number of rotatable bonds is 2. The zero-order valence-electron chi connectivity index (χ0n) is 10.7. The number of hydrogen-bond donors (Lipinski definition) is 1. The fraction of sp³-hybridized carbons (Fsp3) is 0.846. The van der Waals surface area contributed by atoms with Crippen molar-refractivity contribution in [1.29, 1.82) is 0 Å². The van der Waals surface area contributed by atoms with Gasteiger partial charge in [0.2, 0.25) is 5.89 Å². The predicted octanol–water partition coefficient (Wildman–Crippen LogP) is 2.70. The van der Waals surface area contributed by atoms with Crippen LogP contribution >= 0.6 is 0 Å². The smallest absolute Gasteiger partial charge is 0.229 e. The van der Waals surface area contributed by atoms with Crippen LogP contribution in [0.1, 0.15) is 70.0 Å². The Balaban J connectivity index is 1.84. The minimum absolute atomic E-state index is 0.285. The van der Waals surface area contributed by atoms with E-state index < -0.39 is 0 Å². The average molecular weight is 235 g/mol. The third-order valence-corrected chi connectivity index (χ3v) is 4.08. The van der Waals surface area contributed by atoms with Crippen LogP contribution in [-0.2, 0) is 5.54 Å². The number of nitrogens with two attached hydrogens (primary N) is 1. The summed E-state index contributed by atoms with van der Waals surface area (Å²) in [6.45, 7) is 4.55. The van der Waals surface area contributed by atoms with Crippen LogP contribution < -0.4 is 5.73 Å². The molecule has 1 heterocycles. The van der Waals surface area contributed by atoms with Gasteiger partial charge in [-0.2, -0.15) is 4.98 Å². The summed E-state index contributed by atoms with van der Waals surface area (Å²) < 4.78 is 5.33. The fourth-order valence-electron chi connectivity index (χ4n) is 3.04. The van der Waals surface area contributed by atoms with E-state index in [4.69, 9.17) is 10.3 Å². The van der Waals surface area contributed by atoms with E-state index in [9.17, 15) is 0 Å². The zero-order valence-corrected chi connectivity index (χ0v) is 10.7. The Morgan fingerprint density at radius 2 is 2.06 bits per heavy atom. The van der Waals surface area contributed by atoms with Gasteiger partial charge in [0.15, 0.2) is 5.82 Å². The van der Waals surface area contributed by atoms with Gasteiger partial charge in [0.25, 0.3) is 0 Å². The molecule has 0 saturated heterocycles. The standard InChI is InChI=1S/C13H21N3O/c1-12(2)6-3-7-13(14,8-12)11-15-10(17-16-11)9-4-5-9/h9H,3-8,14H2,1-2H3. The van der Waals surface area contributed by atoms with Crippen molar-refractivity contribution < 1.29 is 4.52 Å². The van der Waals surface area contributed by atoms with E-state index >= 15 is 0 Å². The summed E-state index contributed by atoms with van der Waals surface area (Å²) in [5.74, 6) is 2.04. The first-order valence-corrected chi connectivity index (χ1v) is 6.62.